The molecule has 2 heterocycles. The molecule has 0 fully saturated rings. The molecule has 0 spiro atoms. The predicted molar refractivity (Wildman–Crippen MR) is 103 cm³/mol. The van der Waals surface area contributed by atoms with Crippen molar-refractivity contribution < 1.29 is 13.9 Å². The third-order valence-electron chi connectivity index (χ3n) is 4.89. The number of aliphatic hydroxyl groups is 1. The van der Waals surface area contributed by atoms with Gasteiger partial charge in [-0.3, -0.25) is 4.68 Å². The number of nitrogens with one attached hydrogen (secondary N) is 1. The fraction of sp³-hybridized carbons (Fsp3) is 0.350. The number of fused-ring (bicyclic) bond motifs is 1. The van der Waals surface area contributed by atoms with E-state index in [1.54, 1.807) is 12.1 Å². The molecule has 0 amide bonds. The third-order valence-corrected chi connectivity index (χ3v) is 4.89. The van der Waals surface area contributed by atoms with Gasteiger partial charge < -0.3 is 14.8 Å². The van der Waals surface area contributed by atoms with Crippen LogP contribution in [0.2, 0.25) is 0 Å². The van der Waals surface area contributed by atoms with Gasteiger partial charge in [0.2, 0.25) is 0 Å². The fourth-order valence-electron chi connectivity index (χ4n) is 3.58. The molecule has 0 bridgehead atoms. The molecule has 2 aromatic heterocycles. The Labute approximate surface area is 163 Å². The molecule has 0 saturated heterocycles. The van der Waals surface area contributed by atoms with Gasteiger partial charge in [0, 0.05) is 22.9 Å². The summed E-state index contributed by atoms with van der Waals surface area (Å²) in [6.07, 6.45) is 5.07. The summed E-state index contributed by atoms with van der Waals surface area (Å²) in [4.78, 5) is 0. The van der Waals surface area contributed by atoms with Gasteiger partial charge in [-0.2, -0.15) is 5.10 Å². The first-order chi connectivity index (χ1) is 12.7. The minimum Gasteiger partial charge on any atom is -0.460 e. The number of rotatable bonds is 6. The van der Waals surface area contributed by atoms with Crippen LogP contribution in [0.3, 0.4) is 0 Å². The van der Waals surface area contributed by atoms with E-state index in [1.165, 1.54) is 23.4 Å². The molecular weight excluding hydrogens is 369 g/mol. The number of furan rings is 1. The topological polar surface area (TPSA) is 63.2 Å². The number of halogens is 2. The van der Waals surface area contributed by atoms with Crippen LogP contribution in [0.25, 0.3) is 11.3 Å². The molecule has 27 heavy (non-hydrogen) atoms. The number of benzene rings is 1. The molecule has 2 N–H and O–H groups in total. The highest BCUT2D eigenvalue weighted by molar-refractivity contribution is 5.85. The Morgan fingerprint density at radius 2 is 2.04 bits per heavy atom. The van der Waals surface area contributed by atoms with Gasteiger partial charge >= 0.3 is 0 Å². The summed E-state index contributed by atoms with van der Waals surface area (Å²) < 4.78 is 20.8. The summed E-state index contributed by atoms with van der Waals surface area (Å²) in [6, 6.07) is 10.4. The molecule has 0 saturated carbocycles. The van der Waals surface area contributed by atoms with Gasteiger partial charge in [0.05, 0.1) is 25.9 Å². The SMILES string of the molecule is Cl.OCCn1ncc2c1CCCC2NCc1ccc(-c2ccc(F)cc2)o1. The molecule has 144 valence electrons. The number of hydrogen-bond acceptors (Lipinski definition) is 4. The molecule has 0 radical (unpaired) electrons. The van der Waals surface area contributed by atoms with Crippen molar-refractivity contribution >= 4 is 12.4 Å². The van der Waals surface area contributed by atoms with Crippen LogP contribution in [0.5, 0.6) is 0 Å². The second-order valence-corrected chi connectivity index (χ2v) is 6.59. The van der Waals surface area contributed by atoms with Gasteiger partial charge in [0.25, 0.3) is 0 Å². The zero-order valence-electron chi connectivity index (χ0n) is 14.9. The van der Waals surface area contributed by atoms with Gasteiger partial charge in [0.15, 0.2) is 0 Å². The molecule has 1 aromatic carbocycles. The first kappa shape index (κ1) is 19.6. The molecule has 1 atom stereocenters. The standard InChI is InChI=1S/C20H22FN3O2.ClH/c21-15-6-4-14(5-7-15)20-9-8-16(26-20)12-22-18-2-1-3-19-17(18)13-23-24(19)10-11-25;/h4-9,13,18,22,25H,1-3,10-12H2;1H. The molecule has 0 aliphatic heterocycles. The average Bonchev–Trinajstić information content (AvgIpc) is 3.29. The maximum absolute atomic E-state index is 13.0. The second-order valence-electron chi connectivity index (χ2n) is 6.59. The minimum absolute atomic E-state index is 0. The summed E-state index contributed by atoms with van der Waals surface area (Å²) in [5.74, 6) is 1.33. The number of aliphatic hydroxyl groups excluding tert-OH is 1. The van der Waals surface area contributed by atoms with E-state index in [4.69, 9.17) is 9.52 Å². The summed E-state index contributed by atoms with van der Waals surface area (Å²) in [5, 5.41) is 17.1. The number of hydrogen-bond donors (Lipinski definition) is 2. The van der Waals surface area contributed by atoms with E-state index < -0.39 is 0 Å². The van der Waals surface area contributed by atoms with Crippen molar-refractivity contribution in [3.8, 4) is 11.3 Å². The summed E-state index contributed by atoms with van der Waals surface area (Å²) in [6.45, 7) is 1.27. The zero-order valence-corrected chi connectivity index (χ0v) is 15.7. The Morgan fingerprint density at radius 3 is 2.81 bits per heavy atom. The predicted octanol–water partition coefficient (Wildman–Crippen LogP) is 3.86. The van der Waals surface area contributed by atoms with Crippen molar-refractivity contribution in [2.75, 3.05) is 6.61 Å². The van der Waals surface area contributed by atoms with Gasteiger partial charge in [-0.25, -0.2) is 4.39 Å². The molecule has 5 nitrogen and oxygen atoms in total. The van der Waals surface area contributed by atoms with Crippen LogP contribution in [0.15, 0.2) is 47.0 Å². The lowest BCUT2D eigenvalue weighted by Gasteiger charge is -2.24. The highest BCUT2D eigenvalue weighted by Crippen LogP contribution is 2.30. The van der Waals surface area contributed by atoms with Crippen molar-refractivity contribution in [1.29, 1.82) is 0 Å². The van der Waals surface area contributed by atoms with Gasteiger partial charge in [-0.1, -0.05) is 0 Å². The van der Waals surface area contributed by atoms with Crippen LogP contribution in [0.4, 0.5) is 4.39 Å². The van der Waals surface area contributed by atoms with E-state index >= 15 is 0 Å². The van der Waals surface area contributed by atoms with E-state index in [-0.39, 0.29) is 30.9 Å². The smallest absolute Gasteiger partial charge is 0.134 e. The Hall–Kier alpha value is -2.15. The van der Waals surface area contributed by atoms with Crippen molar-refractivity contribution in [3.05, 3.63) is 65.4 Å². The monoisotopic (exact) mass is 391 g/mol. The lowest BCUT2D eigenvalue weighted by molar-refractivity contribution is 0.266. The van der Waals surface area contributed by atoms with Gasteiger partial charge in [-0.05, 0) is 55.7 Å². The highest BCUT2D eigenvalue weighted by atomic mass is 35.5. The molecule has 1 aliphatic carbocycles. The van der Waals surface area contributed by atoms with Gasteiger partial charge in [-0.15, -0.1) is 12.4 Å². The van der Waals surface area contributed by atoms with Crippen molar-refractivity contribution in [3.63, 3.8) is 0 Å². The third kappa shape index (κ3) is 4.24. The van der Waals surface area contributed by atoms with Crippen LogP contribution in [-0.2, 0) is 19.5 Å². The van der Waals surface area contributed by atoms with Crippen LogP contribution >= 0.6 is 12.4 Å². The van der Waals surface area contributed by atoms with Crippen LogP contribution in [0.1, 0.15) is 35.9 Å². The summed E-state index contributed by atoms with van der Waals surface area (Å²) >= 11 is 0. The van der Waals surface area contributed by atoms with Gasteiger partial charge in [0.1, 0.15) is 17.3 Å². The van der Waals surface area contributed by atoms with E-state index in [0.29, 0.717) is 13.1 Å². The van der Waals surface area contributed by atoms with E-state index in [2.05, 4.69) is 10.4 Å². The van der Waals surface area contributed by atoms with E-state index in [0.717, 1.165) is 36.3 Å². The first-order valence-corrected chi connectivity index (χ1v) is 8.98. The van der Waals surface area contributed by atoms with E-state index in [1.807, 2.05) is 23.0 Å². The second kappa shape index (κ2) is 8.69. The maximum Gasteiger partial charge on any atom is 0.134 e. The largest absolute Gasteiger partial charge is 0.460 e. The van der Waals surface area contributed by atoms with Crippen molar-refractivity contribution in [2.45, 2.75) is 38.4 Å². The van der Waals surface area contributed by atoms with Crippen molar-refractivity contribution in [2.24, 2.45) is 0 Å². The van der Waals surface area contributed by atoms with Crippen LogP contribution < -0.4 is 5.32 Å². The molecule has 1 unspecified atom stereocenters. The van der Waals surface area contributed by atoms with Crippen LogP contribution in [0, 0.1) is 5.82 Å². The molecule has 7 heteroatoms. The molecule has 4 rings (SSSR count). The zero-order chi connectivity index (χ0) is 17.9. The first-order valence-electron chi connectivity index (χ1n) is 8.98. The molecule has 1 aliphatic rings. The summed E-state index contributed by atoms with van der Waals surface area (Å²) in [5.41, 5.74) is 3.30. The number of aromatic nitrogens is 2. The Morgan fingerprint density at radius 1 is 1.22 bits per heavy atom. The quantitative estimate of drug-likeness (QED) is 0.669. The minimum atomic E-state index is -0.253. The Bertz CT molecular complexity index is 876. The lowest BCUT2D eigenvalue weighted by atomic mass is 9.93. The van der Waals surface area contributed by atoms with Crippen molar-refractivity contribution in [1.82, 2.24) is 15.1 Å². The Balaban J connectivity index is 0.00000210. The summed E-state index contributed by atoms with van der Waals surface area (Å²) in [7, 11) is 0. The maximum atomic E-state index is 13.0. The Kier molecular flexibility index (Phi) is 6.31. The average molecular weight is 392 g/mol. The highest BCUT2D eigenvalue weighted by Gasteiger charge is 2.24. The van der Waals surface area contributed by atoms with Crippen LogP contribution in [-0.4, -0.2) is 21.5 Å². The normalized spacial score (nSPS) is 16.0. The molecular formula is C20H23ClFN3O2. The molecule has 3 aromatic rings. The lowest BCUT2D eigenvalue weighted by Crippen LogP contribution is -2.25. The van der Waals surface area contributed by atoms with E-state index in [9.17, 15) is 4.39 Å². The fourth-order valence-corrected chi connectivity index (χ4v) is 3.58. The number of nitrogens with zero attached hydrogens (tertiary/aromatic N) is 2.